The van der Waals surface area contributed by atoms with Crippen molar-refractivity contribution in [3.05, 3.63) is 54.0 Å². The fourth-order valence-electron chi connectivity index (χ4n) is 2.28. The molecule has 8 heteroatoms. The van der Waals surface area contributed by atoms with Gasteiger partial charge < -0.3 is 14.5 Å². The number of esters is 1. The first kappa shape index (κ1) is 18.2. The van der Waals surface area contributed by atoms with Crippen LogP contribution in [0.1, 0.15) is 36.1 Å². The van der Waals surface area contributed by atoms with Crippen molar-refractivity contribution in [2.24, 2.45) is 0 Å². The van der Waals surface area contributed by atoms with E-state index in [2.05, 4.69) is 5.32 Å². The molecule has 0 spiro atoms. The highest BCUT2D eigenvalue weighted by Crippen LogP contribution is 2.20. The van der Waals surface area contributed by atoms with E-state index < -0.39 is 21.9 Å². The van der Waals surface area contributed by atoms with Crippen molar-refractivity contribution < 1.29 is 27.2 Å². The molecule has 1 N–H and O–H groups in total. The Morgan fingerprint density at radius 2 is 1.88 bits per heavy atom. The highest BCUT2D eigenvalue weighted by Gasteiger charge is 2.28. The minimum Gasteiger partial charge on any atom is -0.453 e. The second-order valence-electron chi connectivity index (χ2n) is 6.17. The Bertz CT molecular complexity index is 899. The second-order valence-corrected chi connectivity index (χ2v) is 8.16. The smallest absolute Gasteiger partial charge is 0.375 e. The third kappa shape index (κ3) is 4.51. The van der Waals surface area contributed by atoms with Gasteiger partial charge in [0.25, 0.3) is 5.91 Å². The third-order valence-corrected chi connectivity index (χ3v) is 5.53. The first-order valence-corrected chi connectivity index (χ1v) is 9.88. The maximum atomic E-state index is 12.3. The van der Waals surface area contributed by atoms with E-state index in [1.54, 1.807) is 18.2 Å². The molecule has 7 nitrogen and oxygen atoms in total. The monoisotopic (exact) mass is 377 g/mol. The molecule has 0 bridgehead atoms. The molecule has 2 aromatic rings. The standard InChI is InChI=1S/C18H19NO6S/c1-12(17(20)19-13-7-8-13)24-18(21)16-10-9-14(25-16)11-26(22,23)15-5-3-2-4-6-15/h2-6,9-10,12-13H,7-8,11H2,1H3,(H,19,20). The Morgan fingerprint density at radius 1 is 1.19 bits per heavy atom. The predicted octanol–water partition coefficient (Wildman–Crippen LogP) is 2.08. The quantitative estimate of drug-likeness (QED) is 0.741. The van der Waals surface area contributed by atoms with E-state index in [0.717, 1.165) is 12.8 Å². The van der Waals surface area contributed by atoms with E-state index >= 15 is 0 Å². The summed E-state index contributed by atoms with van der Waals surface area (Å²) in [6.07, 6.45) is 0.915. The molecule has 1 fully saturated rings. The number of rotatable bonds is 7. The number of hydrogen-bond acceptors (Lipinski definition) is 6. The van der Waals surface area contributed by atoms with Crippen LogP contribution in [0, 0.1) is 0 Å². The highest BCUT2D eigenvalue weighted by atomic mass is 32.2. The number of benzene rings is 1. The molecular formula is C18H19NO6S. The molecule has 1 aromatic heterocycles. The Morgan fingerprint density at radius 3 is 2.54 bits per heavy atom. The zero-order chi connectivity index (χ0) is 18.7. The van der Waals surface area contributed by atoms with Gasteiger partial charge in [-0.3, -0.25) is 4.79 Å². The van der Waals surface area contributed by atoms with E-state index in [9.17, 15) is 18.0 Å². The van der Waals surface area contributed by atoms with Gasteiger partial charge in [0.15, 0.2) is 15.9 Å². The average Bonchev–Trinajstić information content (AvgIpc) is 3.30. The van der Waals surface area contributed by atoms with Gasteiger partial charge in [0.1, 0.15) is 11.5 Å². The van der Waals surface area contributed by atoms with Crippen molar-refractivity contribution in [1.82, 2.24) is 5.32 Å². The number of ether oxygens (including phenoxy) is 1. The molecule has 1 aromatic carbocycles. The fourth-order valence-corrected chi connectivity index (χ4v) is 3.55. The number of nitrogens with one attached hydrogen (secondary N) is 1. The molecule has 3 rings (SSSR count). The summed E-state index contributed by atoms with van der Waals surface area (Å²) in [6.45, 7) is 1.47. The molecule has 1 aliphatic rings. The summed E-state index contributed by atoms with van der Waals surface area (Å²) in [7, 11) is -3.58. The summed E-state index contributed by atoms with van der Waals surface area (Å²) in [4.78, 5) is 24.0. The van der Waals surface area contributed by atoms with Crippen LogP contribution in [0.25, 0.3) is 0 Å². The molecule has 1 aliphatic carbocycles. The van der Waals surface area contributed by atoms with Gasteiger partial charge >= 0.3 is 5.97 Å². The lowest BCUT2D eigenvalue weighted by molar-refractivity contribution is -0.129. The van der Waals surface area contributed by atoms with Crippen LogP contribution in [-0.4, -0.2) is 32.4 Å². The van der Waals surface area contributed by atoms with E-state index in [4.69, 9.17) is 9.15 Å². The first-order valence-electron chi connectivity index (χ1n) is 8.23. The second kappa shape index (κ2) is 7.33. The van der Waals surface area contributed by atoms with E-state index in [0.29, 0.717) is 0 Å². The Kier molecular flexibility index (Phi) is 5.13. The van der Waals surface area contributed by atoms with Crippen molar-refractivity contribution in [2.75, 3.05) is 0 Å². The molecule has 1 saturated carbocycles. The summed E-state index contributed by atoms with van der Waals surface area (Å²) in [5.41, 5.74) is 0. The van der Waals surface area contributed by atoms with Crippen LogP contribution in [-0.2, 0) is 25.1 Å². The van der Waals surface area contributed by atoms with Crippen LogP contribution in [0.5, 0.6) is 0 Å². The number of hydrogen-bond donors (Lipinski definition) is 1. The van der Waals surface area contributed by atoms with Crippen molar-refractivity contribution in [3.8, 4) is 0 Å². The zero-order valence-corrected chi connectivity index (χ0v) is 15.0. The van der Waals surface area contributed by atoms with E-state index in [1.807, 2.05) is 0 Å². The van der Waals surface area contributed by atoms with Crippen molar-refractivity contribution in [3.63, 3.8) is 0 Å². The normalized spacial score (nSPS) is 15.3. The summed E-state index contributed by atoms with van der Waals surface area (Å²) < 4.78 is 35.0. The number of sulfone groups is 1. The number of carbonyl (C=O) groups is 2. The largest absolute Gasteiger partial charge is 0.453 e. The van der Waals surface area contributed by atoms with Crippen molar-refractivity contribution >= 4 is 21.7 Å². The lowest BCUT2D eigenvalue weighted by atomic mass is 10.3. The molecule has 0 saturated heterocycles. The van der Waals surface area contributed by atoms with Crippen molar-refractivity contribution in [1.29, 1.82) is 0 Å². The van der Waals surface area contributed by atoms with Gasteiger partial charge in [0.2, 0.25) is 5.76 Å². The zero-order valence-electron chi connectivity index (χ0n) is 14.2. The maximum Gasteiger partial charge on any atom is 0.375 e. The van der Waals surface area contributed by atoms with Crippen LogP contribution in [0.2, 0.25) is 0 Å². The van der Waals surface area contributed by atoms with Gasteiger partial charge in [-0.1, -0.05) is 18.2 Å². The Hall–Kier alpha value is -2.61. The molecule has 1 heterocycles. The van der Waals surface area contributed by atoms with Crippen LogP contribution in [0.4, 0.5) is 0 Å². The van der Waals surface area contributed by atoms with Crippen molar-refractivity contribution in [2.45, 2.75) is 42.6 Å². The Balaban J connectivity index is 1.61. The van der Waals surface area contributed by atoms with E-state index in [-0.39, 0.29) is 34.1 Å². The van der Waals surface area contributed by atoms with Gasteiger partial charge in [-0.05, 0) is 44.0 Å². The summed E-state index contributed by atoms with van der Waals surface area (Å²) in [5, 5.41) is 2.74. The lowest BCUT2D eigenvalue weighted by Gasteiger charge is -2.12. The van der Waals surface area contributed by atoms with Crippen LogP contribution in [0.15, 0.2) is 51.8 Å². The molecule has 1 unspecified atom stereocenters. The summed E-state index contributed by atoms with van der Waals surface area (Å²) in [6, 6.07) is 10.9. The van der Waals surface area contributed by atoms with Gasteiger partial charge in [-0.15, -0.1) is 0 Å². The fraction of sp³-hybridized carbons (Fsp3) is 0.333. The molecule has 1 atom stereocenters. The SMILES string of the molecule is CC(OC(=O)c1ccc(CS(=O)(=O)c2ccccc2)o1)C(=O)NC1CC1. The summed E-state index contributed by atoms with van der Waals surface area (Å²) >= 11 is 0. The van der Waals surface area contributed by atoms with Crippen LogP contribution < -0.4 is 5.32 Å². The minimum atomic E-state index is -3.58. The molecule has 26 heavy (non-hydrogen) atoms. The van der Waals surface area contributed by atoms with E-state index in [1.165, 1.54) is 31.2 Å². The minimum absolute atomic E-state index is 0.121. The lowest BCUT2D eigenvalue weighted by Crippen LogP contribution is -2.37. The predicted molar refractivity (Wildman–Crippen MR) is 92.1 cm³/mol. The summed E-state index contributed by atoms with van der Waals surface area (Å²) in [5.74, 6) is -1.57. The molecule has 1 amide bonds. The molecule has 0 radical (unpaired) electrons. The molecule has 0 aliphatic heterocycles. The molecule has 138 valence electrons. The van der Waals surface area contributed by atoms with Gasteiger partial charge in [0, 0.05) is 6.04 Å². The topological polar surface area (TPSA) is 103 Å². The third-order valence-electron chi connectivity index (χ3n) is 3.87. The van der Waals surface area contributed by atoms with Gasteiger partial charge in [0.05, 0.1) is 4.90 Å². The van der Waals surface area contributed by atoms with Gasteiger partial charge in [-0.25, -0.2) is 13.2 Å². The van der Waals surface area contributed by atoms with Crippen LogP contribution >= 0.6 is 0 Å². The maximum absolute atomic E-state index is 12.3. The average molecular weight is 377 g/mol. The van der Waals surface area contributed by atoms with Gasteiger partial charge in [-0.2, -0.15) is 0 Å². The number of carbonyl (C=O) groups excluding carboxylic acids is 2. The number of amides is 1. The number of furan rings is 1. The molecular weight excluding hydrogens is 358 g/mol. The van der Waals surface area contributed by atoms with Crippen LogP contribution in [0.3, 0.4) is 0 Å². The Labute approximate surface area is 151 Å². The highest BCUT2D eigenvalue weighted by molar-refractivity contribution is 7.90. The first-order chi connectivity index (χ1) is 12.3.